The summed E-state index contributed by atoms with van der Waals surface area (Å²) in [5.74, 6) is -0.175. The summed E-state index contributed by atoms with van der Waals surface area (Å²) in [5, 5.41) is 0. The Hall–Kier alpha value is -2.62. The Labute approximate surface area is 116 Å². The van der Waals surface area contributed by atoms with E-state index in [1.54, 1.807) is 0 Å². The maximum atomic E-state index is 10.7. The molecule has 0 aromatic heterocycles. The van der Waals surface area contributed by atoms with Crippen LogP contribution in [0.4, 0.5) is 0 Å². The lowest BCUT2D eigenvalue weighted by atomic mass is 10.1. The van der Waals surface area contributed by atoms with Crippen LogP contribution >= 0.6 is 0 Å². The van der Waals surface area contributed by atoms with Gasteiger partial charge in [-0.15, -0.1) is 0 Å². The second-order valence-corrected chi connectivity index (χ2v) is 4.00. The number of ether oxygens (including phenoxy) is 2. The summed E-state index contributed by atoms with van der Waals surface area (Å²) in [5.41, 5.74) is 2.02. The minimum atomic E-state index is -0.884. The number of para-hydroxylation sites is 1. The Kier molecular flexibility index (Phi) is 4.89. The van der Waals surface area contributed by atoms with Crippen LogP contribution in [0.1, 0.15) is 0 Å². The molecule has 20 heavy (non-hydrogen) atoms. The van der Waals surface area contributed by atoms with Crippen molar-refractivity contribution >= 4 is 12.3 Å². The average Bonchev–Trinajstić information content (AvgIpc) is 2.52. The van der Waals surface area contributed by atoms with Crippen LogP contribution in [0.15, 0.2) is 54.6 Å². The van der Waals surface area contributed by atoms with Crippen molar-refractivity contribution in [2.45, 2.75) is 0 Å². The Morgan fingerprint density at radius 1 is 0.950 bits per heavy atom. The maximum Gasteiger partial charge on any atom is 0.371 e. The van der Waals surface area contributed by atoms with E-state index < -0.39 is 5.97 Å². The third-order valence-corrected chi connectivity index (χ3v) is 2.65. The lowest BCUT2D eigenvalue weighted by Gasteiger charge is -2.11. The number of carbonyl (C=O) groups excluding carboxylic acids is 2. The van der Waals surface area contributed by atoms with Gasteiger partial charge < -0.3 is 9.47 Å². The highest BCUT2D eigenvalue weighted by molar-refractivity contribution is 6.20. The Morgan fingerprint density at radius 2 is 1.65 bits per heavy atom. The molecule has 0 saturated heterocycles. The van der Waals surface area contributed by atoms with Gasteiger partial charge in [0.1, 0.15) is 19.0 Å². The normalized spacial score (nSPS) is 9.80. The van der Waals surface area contributed by atoms with Gasteiger partial charge in [0.05, 0.1) is 0 Å². The summed E-state index contributed by atoms with van der Waals surface area (Å²) in [6.07, 6.45) is 0.137. The summed E-state index contributed by atoms with van der Waals surface area (Å²) in [4.78, 5) is 20.8. The molecule has 2 aromatic carbocycles. The third-order valence-electron chi connectivity index (χ3n) is 2.65. The molecule has 0 radical (unpaired) electrons. The van der Waals surface area contributed by atoms with Gasteiger partial charge in [0.15, 0.2) is 0 Å². The molecule has 0 spiro atoms. The van der Waals surface area contributed by atoms with Crippen LogP contribution in [0, 0.1) is 0 Å². The van der Waals surface area contributed by atoms with Crippen LogP contribution in [0.3, 0.4) is 0 Å². The van der Waals surface area contributed by atoms with Crippen LogP contribution in [0.2, 0.25) is 0 Å². The summed E-state index contributed by atoms with van der Waals surface area (Å²) in [7, 11) is 0. The van der Waals surface area contributed by atoms with E-state index in [-0.39, 0.29) is 19.5 Å². The molecule has 0 aliphatic rings. The highest BCUT2D eigenvalue weighted by Crippen LogP contribution is 2.29. The van der Waals surface area contributed by atoms with Crippen molar-refractivity contribution in [3.05, 3.63) is 54.6 Å². The predicted octanol–water partition coefficient (Wildman–Crippen LogP) is 2.47. The van der Waals surface area contributed by atoms with Gasteiger partial charge in [-0.2, -0.15) is 0 Å². The number of carbonyl (C=O) groups is 2. The molecule has 0 N–H and O–H groups in total. The first-order chi connectivity index (χ1) is 9.81. The highest BCUT2D eigenvalue weighted by atomic mass is 16.6. The standard InChI is InChI=1S/C16H14O4/c17-12-16(18)20-11-10-19-15-9-5-4-8-14(15)13-6-2-1-3-7-13/h1-9,12H,10-11H2. The molecule has 0 unspecified atom stereocenters. The molecule has 0 aliphatic carbocycles. The van der Waals surface area contributed by atoms with Crippen molar-refractivity contribution in [3.63, 3.8) is 0 Å². The van der Waals surface area contributed by atoms with Crippen molar-refractivity contribution in [1.82, 2.24) is 0 Å². The zero-order chi connectivity index (χ0) is 14.2. The topological polar surface area (TPSA) is 52.6 Å². The Balaban J connectivity index is 2.02. The molecule has 0 atom stereocenters. The van der Waals surface area contributed by atoms with Gasteiger partial charge >= 0.3 is 5.97 Å². The van der Waals surface area contributed by atoms with Crippen molar-refractivity contribution < 1.29 is 19.1 Å². The zero-order valence-electron chi connectivity index (χ0n) is 10.8. The molecular formula is C16H14O4. The van der Waals surface area contributed by atoms with Gasteiger partial charge in [0.25, 0.3) is 0 Å². The van der Waals surface area contributed by atoms with E-state index in [0.717, 1.165) is 11.1 Å². The van der Waals surface area contributed by atoms with Gasteiger partial charge in [-0.05, 0) is 11.6 Å². The molecule has 2 aromatic rings. The molecule has 0 amide bonds. The quantitative estimate of drug-likeness (QED) is 0.350. The average molecular weight is 270 g/mol. The van der Waals surface area contributed by atoms with Crippen LogP contribution < -0.4 is 4.74 Å². The van der Waals surface area contributed by atoms with Gasteiger partial charge in [0.2, 0.25) is 6.29 Å². The Morgan fingerprint density at radius 3 is 2.40 bits per heavy atom. The van der Waals surface area contributed by atoms with Crippen LogP contribution in [0.25, 0.3) is 11.1 Å². The molecule has 0 bridgehead atoms. The minimum Gasteiger partial charge on any atom is -0.489 e. The highest BCUT2D eigenvalue weighted by Gasteiger charge is 2.05. The minimum absolute atomic E-state index is 0.0424. The monoisotopic (exact) mass is 270 g/mol. The number of benzene rings is 2. The number of aldehydes is 1. The van der Waals surface area contributed by atoms with Crippen LogP contribution in [-0.4, -0.2) is 25.5 Å². The first-order valence-electron chi connectivity index (χ1n) is 6.20. The van der Waals surface area contributed by atoms with E-state index in [9.17, 15) is 9.59 Å². The second-order valence-electron chi connectivity index (χ2n) is 4.00. The molecule has 4 nitrogen and oxygen atoms in total. The van der Waals surface area contributed by atoms with Crippen molar-refractivity contribution in [3.8, 4) is 16.9 Å². The summed E-state index contributed by atoms with van der Waals surface area (Å²) in [6.45, 7) is 0.240. The smallest absolute Gasteiger partial charge is 0.371 e. The van der Waals surface area contributed by atoms with Crippen molar-refractivity contribution in [1.29, 1.82) is 0 Å². The number of rotatable bonds is 6. The molecule has 0 heterocycles. The largest absolute Gasteiger partial charge is 0.489 e. The van der Waals surface area contributed by atoms with E-state index >= 15 is 0 Å². The van der Waals surface area contributed by atoms with Crippen LogP contribution in [0.5, 0.6) is 5.75 Å². The van der Waals surface area contributed by atoms with E-state index in [1.165, 1.54) is 0 Å². The third kappa shape index (κ3) is 3.68. The first kappa shape index (κ1) is 13.8. The van der Waals surface area contributed by atoms with E-state index in [0.29, 0.717) is 5.75 Å². The van der Waals surface area contributed by atoms with E-state index in [2.05, 4.69) is 4.74 Å². The number of hydrogen-bond acceptors (Lipinski definition) is 4. The first-order valence-corrected chi connectivity index (χ1v) is 6.20. The summed E-state index contributed by atoms with van der Waals surface area (Å²) < 4.78 is 10.2. The fourth-order valence-electron chi connectivity index (χ4n) is 1.78. The second kappa shape index (κ2) is 7.09. The summed E-state index contributed by atoms with van der Waals surface area (Å²) in [6, 6.07) is 17.5. The Bertz CT molecular complexity index is 578. The lowest BCUT2D eigenvalue weighted by molar-refractivity contribution is -0.149. The van der Waals surface area contributed by atoms with E-state index in [1.807, 2.05) is 54.6 Å². The van der Waals surface area contributed by atoms with E-state index in [4.69, 9.17) is 4.74 Å². The van der Waals surface area contributed by atoms with Gasteiger partial charge in [0, 0.05) is 5.56 Å². The van der Waals surface area contributed by atoms with Crippen molar-refractivity contribution in [2.24, 2.45) is 0 Å². The number of esters is 1. The molecule has 0 fully saturated rings. The molecule has 0 aliphatic heterocycles. The zero-order valence-corrected chi connectivity index (χ0v) is 10.8. The van der Waals surface area contributed by atoms with Crippen molar-refractivity contribution in [2.75, 3.05) is 13.2 Å². The molecule has 2 rings (SSSR count). The molecule has 102 valence electrons. The van der Waals surface area contributed by atoms with Crippen LogP contribution in [-0.2, 0) is 14.3 Å². The lowest BCUT2D eigenvalue weighted by Crippen LogP contribution is -2.12. The van der Waals surface area contributed by atoms with Gasteiger partial charge in [-0.25, -0.2) is 4.79 Å². The fraction of sp³-hybridized carbons (Fsp3) is 0.125. The van der Waals surface area contributed by atoms with Gasteiger partial charge in [-0.3, -0.25) is 4.79 Å². The molecular weight excluding hydrogens is 256 g/mol. The fourth-order valence-corrected chi connectivity index (χ4v) is 1.78. The van der Waals surface area contributed by atoms with Gasteiger partial charge in [-0.1, -0.05) is 48.5 Å². The predicted molar refractivity (Wildman–Crippen MR) is 74.4 cm³/mol. The molecule has 4 heteroatoms. The number of hydrogen-bond donors (Lipinski definition) is 0. The maximum absolute atomic E-state index is 10.7. The SMILES string of the molecule is O=CC(=O)OCCOc1ccccc1-c1ccccc1. The molecule has 0 saturated carbocycles. The summed E-state index contributed by atoms with van der Waals surface area (Å²) >= 11 is 0.